The van der Waals surface area contributed by atoms with Crippen molar-refractivity contribution in [2.75, 3.05) is 4.90 Å². The number of benzene rings is 10. The maximum Gasteiger partial charge on any atom is 0.160 e. The highest BCUT2D eigenvalue weighted by Gasteiger charge is 2.28. The topological polar surface area (TPSA) is 34.5 Å². The number of nitrogens with zero attached hydrogens (tertiary/aromatic N) is 2. The molecule has 0 aliphatic heterocycles. The van der Waals surface area contributed by atoms with Crippen LogP contribution in [0.1, 0.15) is 0 Å². The molecular weight excluding hydrogens is 757 g/mol. The maximum atomic E-state index is 7.09. The van der Waals surface area contributed by atoms with Crippen molar-refractivity contribution in [3.8, 4) is 27.9 Å². The lowest BCUT2D eigenvalue weighted by molar-refractivity contribution is 0.666. The fourth-order valence-corrected chi connectivity index (χ4v) is 9.86. The minimum Gasteiger partial charge on any atom is -0.454 e. The van der Waals surface area contributed by atoms with E-state index in [1.54, 1.807) is 0 Å². The van der Waals surface area contributed by atoms with Crippen LogP contribution in [0.2, 0.25) is 0 Å². The standard InChI is InChI=1S/C58H36N2O2/c1-2-17-39(18-3-1)59-51-27-9-6-20-43(51)46-24-13-25-47(55(46)59)48-35-36-50-45-22-8-11-30-54(45)62-58(50)56(48)60(52-28-14-26-49-44-21-7-10-29-53(44)61-57(49)52)40-33-31-38(32-34-40)42-23-12-16-37-15-4-5-19-41(37)42/h1-36H. The molecule has 0 unspecified atom stereocenters. The van der Waals surface area contributed by atoms with Gasteiger partial charge in [0.05, 0.1) is 22.4 Å². The van der Waals surface area contributed by atoms with E-state index in [1.165, 1.54) is 27.1 Å². The van der Waals surface area contributed by atoms with Gasteiger partial charge in [-0.25, -0.2) is 0 Å². The smallest absolute Gasteiger partial charge is 0.160 e. The van der Waals surface area contributed by atoms with Crippen molar-refractivity contribution in [2.45, 2.75) is 0 Å². The minimum absolute atomic E-state index is 0.800. The first-order valence-electron chi connectivity index (χ1n) is 21.1. The number of fused-ring (bicyclic) bond motifs is 10. The van der Waals surface area contributed by atoms with E-state index in [-0.39, 0.29) is 0 Å². The first-order chi connectivity index (χ1) is 30.8. The van der Waals surface area contributed by atoms with Crippen molar-refractivity contribution in [1.29, 1.82) is 0 Å². The molecule has 3 aromatic heterocycles. The Bertz CT molecular complexity index is 3870. The molecule has 0 bridgehead atoms. The van der Waals surface area contributed by atoms with Gasteiger partial charge < -0.3 is 18.3 Å². The van der Waals surface area contributed by atoms with Crippen LogP contribution >= 0.6 is 0 Å². The molecule has 0 aliphatic rings. The van der Waals surface area contributed by atoms with E-state index in [1.807, 2.05) is 12.1 Å². The van der Waals surface area contributed by atoms with Gasteiger partial charge in [0.2, 0.25) is 0 Å². The molecule has 4 nitrogen and oxygen atoms in total. The number of furan rings is 2. The maximum absolute atomic E-state index is 7.09. The van der Waals surface area contributed by atoms with Crippen LogP contribution < -0.4 is 4.90 Å². The summed E-state index contributed by atoms with van der Waals surface area (Å²) in [6.45, 7) is 0. The van der Waals surface area contributed by atoms with Crippen LogP contribution in [0.15, 0.2) is 227 Å². The van der Waals surface area contributed by atoms with Gasteiger partial charge >= 0.3 is 0 Å². The zero-order valence-corrected chi connectivity index (χ0v) is 33.5. The Hall–Kier alpha value is -8.34. The van der Waals surface area contributed by atoms with Crippen LogP contribution in [0.25, 0.3) is 104 Å². The SMILES string of the molecule is c1ccc(-n2c3ccccc3c3cccc(-c4ccc5c(oc6ccccc65)c4N(c4ccc(-c5cccc6ccccc56)cc4)c4cccc5c4oc4ccccc45)c32)cc1. The molecule has 0 atom stereocenters. The predicted octanol–water partition coefficient (Wildman–Crippen LogP) is 16.5. The molecule has 0 radical (unpaired) electrons. The van der Waals surface area contributed by atoms with Crippen LogP contribution in [0.3, 0.4) is 0 Å². The largest absolute Gasteiger partial charge is 0.454 e. The zero-order valence-electron chi connectivity index (χ0n) is 33.5. The minimum atomic E-state index is 0.800. The van der Waals surface area contributed by atoms with Gasteiger partial charge in [0.15, 0.2) is 11.2 Å². The lowest BCUT2D eigenvalue weighted by Crippen LogP contribution is -2.12. The highest BCUT2D eigenvalue weighted by molar-refractivity contribution is 6.20. The second-order valence-electron chi connectivity index (χ2n) is 16.0. The molecule has 62 heavy (non-hydrogen) atoms. The van der Waals surface area contributed by atoms with Crippen LogP contribution in [0.5, 0.6) is 0 Å². The molecule has 4 heteroatoms. The average Bonchev–Trinajstić information content (AvgIpc) is 4.02. The van der Waals surface area contributed by atoms with Gasteiger partial charge in [-0.15, -0.1) is 0 Å². The van der Waals surface area contributed by atoms with Crippen molar-refractivity contribution in [3.63, 3.8) is 0 Å². The van der Waals surface area contributed by atoms with Gasteiger partial charge in [0.25, 0.3) is 0 Å². The average molecular weight is 793 g/mol. The highest BCUT2D eigenvalue weighted by atomic mass is 16.3. The number of aromatic nitrogens is 1. The van der Waals surface area contributed by atoms with Crippen molar-refractivity contribution >= 4 is 93.5 Å². The van der Waals surface area contributed by atoms with Crippen LogP contribution in [-0.2, 0) is 0 Å². The Kier molecular flexibility index (Phi) is 7.57. The molecule has 0 spiro atoms. The summed E-state index contributed by atoms with van der Waals surface area (Å²) in [7, 11) is 0. The molecule has 0 saturated carbocycles. The molecule has 3 heterocycles. The summed E-state index contributed by atoms with van der Waals surface area (Å²) in [5.41, 5.74) is 14.0. The summed E-state index contributed by atoms with van der Waals surface area (Å²) in [5.74, 6) is 0. The first kappa shape index (κ1) is 34.5. The molecule has 0 amide bonds. The quantitative estimate of drug-likeness (QED) is 0.168. The van der Waals surface area contributed by atoms with Gasteiger partial charge in [0, 0.05) is 54.8 Å². The third kappa shape index (κ3) is 5.14. The Morgan fingerprint density at radius 3 is 1.74 bits per heavy atom. The van der Waals surface area contributed by atoms with E-state index in [0.717, 1.165) is 94.4 Å². The fraction of sp³-hybridized carbons (Fsp3) is 0. The molecule has 13 aromatic rings. The second kappa shape index (κ2) is 13.6. The van der Waals surface area contributed by atoms with Crippen molar-refractivity contribution in [3.05, 3.63) is 218 Å². The number of hydrogen-bond donors (Lipinski definition) is 0. The van der Waals surface area contributed by atoms with Gasteiger partial charge in [-0.05, 0) is 76.5 Å². The van der Waals surface area contributed by atoms with Crippen LogP contribution in [0.4, 0.5) is 17.1 Å². The molecule has 290 valence electrons. The third-order valence-corrected chi connectivity index (χ3v) is 12.6. The van der Waals surface area contributed by atoms with Crippen molar-refractivity contribution in [1.82, 2.24) is 4.57 Å². The Morgan fingerprint density at radius 2 is 0.935 bits per heavy atom. The summed E-state index contributed by atoms with van der Waals surface area (Å²) in [5, 5.41) is 9.08. The molecule has 0 fully saturated rings. The van der Waals surface area contributed by atoms with E-state index in [2.05, 4.69) is 216 Å². The lowest BCUT2D eigenvalue weighted by Gasteiger charge is -2.28. The second-order valence-corrected chi connectivity index (χ2v) is 16.0. The normalized spacial score (nSPS) is 11.9. The molecular formula is C58H36N2O2. The molecule has 0 N–H and O–H groups in total. The van der Waals surface area contributed by atoms with Crippen LogP contribution in [0, 0.1) is 0 Å². The number of anilines is 3. The van der Waals surface area contributed by atoms with E-state index in [4.69, 9.17) is 8.83 Å². The Labute approximate surface area is 356 Å². The van der Waals surface area contributed by atoms with E-state index < -0.39 is 0 Å². The number of hydrogen-bond acceptors (Lipinski definition) is 3. The molecule has 0 aliphatic carbocycles. The summed E-state index contributed by atoms with van der Waals surface area (Å²) < 4.78 is 16.4. The van der Waals surface area contributed by atoms with Gasteiger partial charge in [-0.2, -0.15) is 0 Å². The van der Waals surface area contributed by atoms with Gasteiger partial charge in [-0.1, -0.05) is 164 Å². The van der Waals surface area contributed by atoms with E-state index in [9.17, 15) is 0 Å². The summed E-state index contributed by atoms with van der Waals surface area (Å²) in [4.78, 5) is 2.37. The van der Waals surface area contributed by atoms with E-state index in [0.29, 0.717) is 0 Å². The predicted molar refractivity (Wildman–Crippen MR) is 258 cm³/mol. The number of para-hydroxylation sites is 6. The summed E-state index contributed by atoms with van der Waals surface area (Å²) in [6, 6.07) is 77.9. The van der Waals surface area contributed by atoms with Crippen molar-refractivity contribution in [2.24, 2.45) is 0 Å². The first-order valence-corrected chi connectivity index (χ1v) is 21.1. The Morgan fingerprint density at radius 1 is 0.355 bits per heavy atom. The number of rotatable bonds is 6. The Balaban J connectivity index is 1.16. The zero-order chi connectivity index (χ0) is 40.7. The van der Waals surface area contributed by atoms with Gasteiger partial charge in [-0.3, -0.25) is 0 Å². The molecule has 10 aromatic carbocycles. The van der Waals surface area contributed by atoms with E-state index >= 15 is 0 Å². The van der Waals surface area contributed by atoms with Gasteiger partial charge in [0.1, 0.15) is 11.2 Å². The third-order valence-electron chi connectivity index (χ3n) is 12.6. The lowest BCUT2D eigenvalue weighted by atomic mass is 9.96. The summed E-state index contributed by atoms with van der Waals surface area (Å²) >= 11 is 0. The van der Waals surface area contributed by atoms with Crippen molar-refractivity contribution < 1.29 is 8.83 Å². The summed E-state index contributed by atoms with van der Waals surface area (Å²) in [6.07, 6.45) is 0. The molecule has 13 rings (SSSR count). The fourth-order valence-electron chi connectivity index (χ4n) is 9.86. The molecule has 0 saturated heterocycles. The monoisotopic (exact) mass is 792 g/mol. The highest BCUT2D eigenvalue weighted by Crippen LogP contribution is 2.52. The van der Waals surface area contributed by atoms with Crippen LogP contribution in [-0.4, -0.2) is 4.57 Å².